The zero-order valence-electron chi connectivity index (χ0n) is 9.24. The number of carbonyl (C=O) groups excluding carboxylic acids is 1. The van der Waals surface area contributed by atoms with Crippen LogP contribution in [0.15, 0.2) is 0 Å². The molecule has 1 unspecified atom stereocenters. The third-order valence-corrected chi connectivity index (χ3v) is 2.29. The topological polar surface area (TPSA) is 75.6 Å². The average Bonchev–Trinajstić information content (AvgIpc) is 1.93. The minimum Gasteiger partial charge on any atom is -0.481 e. The lowest BCUT2D eigenvalue weighted by atomic mass is 9.80. The Morgan fingerprint density at radius 3 is 2.27 bits per heavy atom. The molecule has 1 aliphatic rings. The van der Waals surface area contributed by atoms with Crippen molar-refractivity contribution in [3.8, 4) is 0 Å². The number of aliphatic carboxylic acids is 1. The van der Waals surface area contributed by atoms with Crippen LogP contribution >= 0.6 is 0 Å². The van der Waals surface area contributed by atoms with Gasteiger partial charge in [0.05, 0.1) is 5.92 Å². The molecule has 0 heterocycles. The predicted molar refractivity (Wildman–Crippen MR) is 53.5 cm³/mol. The van der Waals surface area contributed by atoms with E-state index in [1.165, 1.54) is 0 Å². The molecular weight excluding hydrogens is 198 g/mol. The maximum Gasteiger partial charge on any atom is 0.407 e. The van der Waals surface area contributed by atoms with E-state index in [9.17, 15) is 9.59 Å². The fourth-order valence-corrected chi connectivity index (χ4v) is 1.43. The van der Waals surface area contributed by atoms with Crippen LogP contribution in [0.1, 0.15) is 33.6 Å². The minimum absolute atomic E-state index is 0.280. The zero-order valence-corrected chi connectivity index (χ0v) is 9.24. The summed E-state index contributed by atoms with van der Waals surface area (Å²) in [6.07, 6.45) is 0.782. The van der Waals surface area contributed by atoms with Crippen molar-refractivity contribution in [1.29, 1.82) is 0 Å². The molecule has 0 bridgehead atoms. The summed E-state index contributed by atoms with van der Waals surface area (Å²) in [7, 11) is 0. The van der Waals surface area contributed by atoms with Crippen LogP contribution in [0.4, 0.5) is 4.79 Å². The second kappa shape index (κ2) is 4.08. The summed E-state index contributed by atoms with van der Waals surface area (Å²) in [5, 5.41) is 11.3. The van der Waals surface area contributed by atoms with Gasteiger partial charge in [-0.05, 0) is 33.6 Å². The number of hydrogen-bond acceptors (Lipinski definition) is 3. The fourth-order valence-electron chi connectivity index (χ4n) is 1.43. The number of nitrogens with one attached hydrogen (secondary N) is 1. The molecule has 0 aliphatic heterocycles. The summed E-state index contributed by atoms with van der Waals surface area (Å²) in [6, 6.07) is -0.280. The molecule has 1 saturated carbocycles. The third kappa shape index (κ3) is 3.42. The van der Waals surface area contributed by atoms with Crippen molar-refractivity contribution in [3.63, 3.8) is 0 Å². The van der Waals surface area contributed by atoms with Crippen molar-refractivity contribution in [3.05, 3.63) is 0 Å². The molecule has 0 saturated heterocycles. The lowest BCUT2D eigenvalue weighted by Crippen LogP contribution is -2.51. The lowest BCUT2D eigenvalue weighted by Gasteiger charge is -2.34. The molecule has 0 radical (unpaired) electrons. The molecule has 1 amide bonds. The molecule has 0 aromatic heterocycles. The van der Waals surface area contributed by atoms with Crippen LogP contribution in [0.25, 0.3) is 0 Å². The summed E-state index contributed by atoms with van der Waals surface area (Å²) in [4.78, 5) is 22.0. The second-order valence-corrected chi connectivity index (χ2v) is 4.77. The highest BCUT2D eigenvalue weighted by Crippen LogP contribution is 2.27. The second-order valence-electron chi connectivity index (χ2n) is 4.77. The van der Waals surface area contributed by atoms with Gasteiger partial charge in [0.2, 0.25) is 0 Å². The number of amides is 1. The van der Waals surface area contributed by atoms with E-state index in [0.29, 0.717) is 12.8 Å². The Bertz CT molecular complexity index is 269. The maximum atomic E-state index is 11.3. The van der Waals surface area contributed by atoms with Crippen LogP contribution < -0.4 is 5.32 Å². The quantitative estimate of drug-likeness (QED) is 0.729. The molecule has 5 heteroatoms. The Hall–Kier alpha value is -1.26. The zero-order chi connectivity index (χ0) is 11.6. The predicted octanol–water partition coefficient (Wildman–Crippen LogP) is 1.37. The van der Waals surface area contributed by atoms with Gasteiger partial charge in [0.25, 0.3) is 0 Å². The Kier molecular flexibility index (Phi) is 3.21. The number of carboxylic acids is 1. The molecule has 1 rings (SSSR count). The van der Waals surface area contributed by atoms with Gasteiger partial charge in [-0.1, -0.05) is 0 Å². The maximum absolute atomic E-state index is 11.3. The van der Waals surface area contributed by atoms with Crippen molar-refractivity contribution >= 4 is 12.1 Å². The Morgan fingerprint density at radius 1 is 1.33 bits per heavy atom. The summed E-state index contributed by atoms with van der Waals surface area (Å²) in [5.74, 6) is -1.32. The van der Waals surface area contributed by atoms with Crippen molar-refractivity contribution in [1.82, 2.24) is 5.32 Å². The van der Waals surface area contributed by atoms with Crippen molar-refractivity contribution in [2.75, 3.05) is 0 Å². The van der Waals surface area contributed by atoms with E-state index >= 15 is 0 Å². The first-order chi connectivity index (χ1) is 6.79. The van der Waals surface area contributed by atoms with Crippen LogP contribution in [-0.4, -0.2) is 28.8 Å². The number of carboxylic acid groups (broad SMARTS) is 1. The van der Waals surface area contributed by atoms with Crippen LogP contribution in [0.5, 0.6) is 0 Å². The van der Waals surface area contributed by atoms with E-state index in [2.05, 4.69) is 5.32 Å². The fraction of sp³-hybridized carbons (Fsp3) is 0.800. The van der Waals surface area contributed by atoms with Crippen molar-refractivity contribution < 1.29 is 19.4 Å². The van der Waals surface area contributed by atoms with E-state index in [1.54, 1.807) is 20.8 Å². The standard InChI is InChI=1S/C10H17NO4/c1-10(2,3)15-9(14)11-7-5-4-6(7)8(12)13/h6-7H,4-5H2,1-3H3,(H,11,14)(H,12,13)/t6-,7?/m0/s1. The number of hydrogen-bond donors (Lipinski definition) is 2. The lowest BCUT2D eigenvalue weighted by molar-refractivity contribution is -0.145. The van der Waals surface area contributed by atoms with Crippen LogP contribution in [0, 0.1) is 5.92 Å². The largest absolute Gasteiger partial charge is 0.481 e. The van der Waals surface area contributed by atoms with E-state index in [0.717, 1.165) is 0 Å². The Balaban J connectivity index is 2.36. The third-order valence-electron chi connectivity index (χ3n) is 2.29. The SMILES string of the molecule is CC(C)(C)OC(=O)NC1CC[C@@H]1C(=O)O. The van der Waals surface area contributed by atoms with E-state index in [1.807, 2.05) is 0 Å². The molecule has 0 spiro atoms. The van der Waals surface area contributed by atoms with Gasteiger partial charge in [-0.15, -0.1) is 0 Å². The summed E-state index contributed by atoms with van der Waals surface area (Å²) >= 11 is 0. The highest BCUT2D eigenvalue weighted by atomic mass is 16.6. The van der Waals surface area contributed by atoms with E-state index < -0.39 is 23.6 Å². The number of ether oxygens (including phenoxy) is 1. The molecule has 1 fully saturated rings. The number of rotatable bonds is 2. The van der Waals surface area contributed by atoms with Gasteiger partial charge < -0.3 is 15.2 Å². The highest BCUT2D eigenvalue weighted by molar-refractivity contribution is 5.74. The van der Waals surface area contributed by atoms with Gasteiger partial charge in [0.15, 0.2) is 0 Å². The summed E-state index contributed by atoms with van der Waals surface area (Å²) in [6.45, 7) is 5.30. The Morgan fingerprint density at radius 2 is 1.93 bits per heavy atom. The van der Waals surface area contributed by atoms with Crippen LogP contribution in [-0.2, 0) is 9.53 Å². The molecular formula is C10H17NO4. The highest BCUT2D eigenvalue weighted by Gasteiger charge is 2.38. The first-order valence-electron chi connectivity index (χ1n) is 5.02. The van der Waals surface area contributed by atoms with Crippen LogP contribution in [0.2, 0.25) is 0 Å². The summed E-state index contributed by atoms with van der Waals surface area (Å²) in [5.41, 5.74) is -0.549. The van der Waals surface area contributed by atoms with Gasteiger partial charge in [-0.2, -0.15) is 0 Å². The summed E-state index contributed by atoms with van der Waals surface area (Å²) < 4.78 is 5.03. The minimum atomic E-state index is -0.859. The van der Waals surface area contributed by atoms with Gasteiger partial charge in [-0.25, -0.2) is 4.79 Å². The number of alkyl carbamates (subject to hydrolysis) is 1. The normalized spacial score (nSPS) is 25.3. The molecule has 0 aromatic rings. The van der Waals surface area contributed by atoms with Crippen molar-refractivity contribution in [2.45, 2.75) is 45.3 Å². The molecule has 86 valence electrons. The average molecular weight is 215 g/mol. The monoisotopic (exact) mass is 215 g/mol. The Labute approximate surface area is 88.8 Å². The molecule has 2 N–H and O–H groups in total. The van der Waals surface area contributed by atoms with Gasteiger partial charge in [0, 0.05) is 6.04 Å². The number of carbonyl (C=O) groups is 2. The molecule has 15 heavy (non-hydrogen) atoms. The first-order valence-corrected chi connectivity index (χ1v) is 5.02. The first kappa shape index (κ1) is 11.8. The van der Waals surface area contributed by atoms with Gasteiger partial charge in [0.1, 0.15) is 5.60 Å². The molecule has 2 atom stereocenters. The van der Waals surface area contributed by atoms with Crippen molar-refractivity contribution in [2.24, 2.45) is 5.92 Å². The van der Waals surface area contributed by atoms with Gasteiger partial charge in [-0.3, -0.25) is 4.79 Å². The molecule has 0 aromatic carbocycles. The van der Waals surface area contributed by atoms with Gasteiger partial charge >= 0.3 is 12.1 Å². The molecule has 5 nitrogen and oxygen atoms in total. The molecule has 1 aliphatic carbocycles. The van der Waals surface area contributed by atoms with E-state index in [-0.39, 0.29) is 6.04 Å². The smallest absolute Gasteiger partial charge is 0.407 e. The van der Waals surface area contributed by atoms with Crippen LogP contribution in [0.3, 0.4) is 0 Å². The van der Waals surface area contributed by atoms with E-state index in [4.69, 9.17) is 9.84 Å².